The van der Waals surface area contributed by atoms with Crippen LogP contribution in [0.15, 0.2) is 18.2 Å². The van der Waals surface area contributed by atoms with E-state index in [-0.39, 0.29) is 16.9 Å². The van der Waals surface area contributed by atoms with E-state index >= 15 is 0 Å². The summed E-state index contributed by atoms with van der Waals surface area (Å²) < 4.78 is 13.6. The second kappa shape index (κ2) is 5.39. The van der Waals surface area contributed by atoms with Crippen LogP contribution in [0.5, 0.6) is 0 Å². The highest BCUT2D eigenvalue weighted by molar-refractivity contribution is 6.30. The summed E-state index contributed by atoms with van der Waals surface area (Å²) in [6, 6.07) is 5.19. The Labute approximate surface area is 118 Å². The summed E-state index contributed by atoms with van der Waals surface area (Å²) in [4.78, 5) is 2.43. The van der Waals surface area contributed by atoms with Crippen LogP contribution in [-0.4, -0.2) is 24.5 Å². The van der Waals surface area contributed by atoms with Crippen LogP contribution in [0.25, 0.3) is 0 Å². The van der Waals surface area contributed by atoms with Crippen LogP contribution in [0.4, 0.5) is 4.39 Å². The molecule has 3 rings (SSSR count). The van der Waals surface area contributed by atoms with Crippen LogP contribution in [0, 0.1) is 17.7 Å². The molecule has 1 saturated carbocycles. The molecule has 0 radical (unpaired) electrons. The highest BCUT2D eigenvalue weighted by atomic mass is 35.5. The van der Waals surface area contributed by atoms with E-state index in [0.29, 0.717) is 6.54 Å². The number of nitrogens with two attached hydrogens (primary N) is 1. The summed E-state index contributed by atoms with van der Waals surface area (Å²) in [6.07, 6.45) is 4.05. The molecule has 1 heterocycles. The molecule has 1 aliphatic carbocycles. The Morgan fingerprint density at radius 2 is 2.00 bits per heavy atom. The van der Waals surface area contributed by atoms with Crippen LogP contribution in [-0.2, 0) is 0 Å². The monoisotopic (exact) mass is 282 g/mol. The predicted molar refractivity (Wildman–Crippen MR) is 75.6 cm³/mol. The van der Waals surface area contributed by atoms with Gasteiger partial charge in [-0.25, -0.2) is 4.39 Å². The minimum absolute atomic E-state index is 0.123. The lowest BCUT2D eigenvalue weighted by atomic mass is 10.0. The third-order valence-electron chi connectivity index (χ3n) is 4.75. The minimum atomic E-state index is -0.350. The van der Waals surface area contributed by atoms with E-state index in [1.165, 1.54) is 25.3 Å². The molecule has 2 nitrogen and oxygen atoms in total. The van der Waals surface area contributed by atoms with Gasteiger partial charge in [0.15, 0.2) is 0 Å². The second-order valence-electron chi connectivity index (χ2n) is 5.83. The van der Waals surface area contributed by atoms with Gasteiger partial charge in [0.2, 0.25) is 0 Å². The molecule has 3 unspecified atom stereocenters. The van der Waals surface area contributed by atoms with Gasteiger partial charge in [-0.3, -0.25) is 4.90 Å². The largest absolute Gasteiger partial charge is 0.329 e. The lowest BCUT2D eigenvalue weighted by molar-refractivity contribution is 0.231. The molecule has 19 heavy (non-hydrogen) atoms. The first kappa shape index (κ1) is 13.3. The molecule has 104 valence electrons. The van der Waals surface area contributed by atoms with E-state index in [9.17, 15) is 4.39 Å². The van der Waals surface area contributed by atoms with Crippen molar-refractivity contribution in [3.8, 4) is 0 Å². The molecule has 2 fully saturated rings. The first-order chi connectivity index (χ1) is 9.19. The first-order valence-corrected chi connectivity index (χ1v) is 7.46. The Balaban J connectivity index is 1.79. The van der Waals surface area contributed by atoms with Crippen molar-refractivity contribution in [2.24, 2.45) is 17.6 Å². The van der Waals surface area contributed by atoms with Crippen molar-refractivity contribution in [2.45, 2.75) is 25.3 Å². The number of likely N-dealkylation sites (tertiary alicyclic amines) is 1. The minimum Gasteiger partial charge on any atom is -0.329 e. The van der Waals surface area contributed by atoms with Crippen LogP contribution < -0.4 is 5.73 Å². The second-order valence-corrected chi connectivity index (χ2v) is 6.24. The molecule has 0 spiro atoms. The van der Waals surface area contributed by atoms with Crippen molar-refractivity contribution in [2.75, 3.05) is 19.6 Å². The zero-order chi connectivity index (χ0) is 13.4. The zero-order valence-corrected chi connectivity index (χ0v) is 11.7. The zero-order valence-electron chi connectivity index (χ0n) is 11.0. The fourth-order valence-corrected chi connectivity index (χ4v) is 3.86. The summed E-state index contributed by atoms with van der Waals surface area (Å²) in [7, 11) is 0. The van der Waals surface area contributed by atoms with Gasteiger partial charge in [0.05, 0.1) is 5.02 Å². The van der Waals surface area contributed by atoms with Gasteiger partial charge >= 0.3 is 0 Å². The van der Waals surface area contributed by atoms with E-state index in [4.69, 9.17) is 17.3 Å². The molecule has 3 atom stereocenters. The fourth-order valence-electron chi connectivity index (χ4n) is 3.74. The average Bonchev–Trinajstić information content (AvgIpc) is 2.95. The lowest BCUT2D eigenvalue weighted by Crippen LogP contribution is -2.32. The number of nitrogens with zero attached hydrogens (tertiary/aromatic N) is 1. The van der Waals surface area contributed by atoms with Crippen molar-refractivity contribution < 1.29 is 4.39 Å². The van der Waals surface area contributed by atoms with Crippen molar-refractivity contribution in [1.82, 2.24) is 4.90 Å². The van der Waals surface area contributed by atoms with Crippen molar-refractivity contribution in [1.29, 1.82) is 0 Å². The van der Waals surface area contributed by atoms with E-state index < -0.39 is 0 Å². The van der Waals surface area contributed by atoms with E-state index in [1.807, 2.05) is 6.07 Å². The topological polar surface area (TPSA) is 29.3 Å². The number of halogens is 2. The highest BCUT2D eigenvalue weighted by Gasteiger charge is 2.38. The summed E-state index contributed by atoms with van der Waals surface area (Å²) in [6.45, 7) is 2.74. The van der Waals surface area contributed by atoms with Gasteiger partial charge in [-0.1, -0.05) is 24.1 Å². The molecule has 4 heteroatoms. The van der Waals surface area contributed by atoms with Gasteiger partial charge in [-0.15, -0.1) is 0 Å². The van der Waals surface area contributed by atoms with E-state index in [0.717, 1.165) is 30.5 Å². The van der Waals surface area contributed by atoms with Crippen LogP contribution in [0.3, 0.4) is 0 Å². The summed E-state index contributed by atoms with van der Waals surface area (Å²) in [5.41, 5.74) is 6.87. The third kappa shape index (κ3) is 2.51. The Bertz CT molecular complexity index is 453. The van der Waals surface area contributed by atoms with Gasteiger partial charge in [0, 0.05) is 25.7 Å². The molecule has 1 aliphatic heterocycles. The first-order valence-electron chi connectivity index (χ1n) is 7.08. The van der Waals surface area contributed by atoms with Crippen molar-refractivity contribution in [3.05, 3.63) is 34.6 Å². The van der Waals surface area contributed by atoms with Crippen LogP contribution in [0.1, 0.15) is 30.9 Å². The van der Waals surface area contributed by atoms with E-state index in [2.05, 4.69) is 4.90 Å². The summed E-state index contributed by atoms with van der Waals surface area (Å²) >= 11 is 5.75. The number of fused-ring (bicyclic) bond motifs is 1. The van der Waals surface area contributed by atoms with Crippen LogP contribution >= 0.6 is 11.6 Å². The number of hydrogen-bond donors (Lipinski definition) is 1. The Morgan fingerprint density at radius 3 is 2.58 bits per heavy atom. The van der Waals surface area contributed by atoms with Gasteiger partial charge in [-0.2, -0.15) is 0 Å². The number of rotatable bonds is 3. The van der Waals surface area contributed by atoms with Crippen LogP contribution in [0.2, 0.25) is 5.02 Å². The molecule has 2 aliphatic rings. The molecule has 0 amide bonds. The lowest BCUT2D eigenvalue weighted by Gasteiger charge is -2.28. The fraction of sp³-hybridized carbons (Fsp3) is 0.600. The van der Waals surface area contributed by atoms with Gasteiger partial charge in [0.25, 0.3) is 0 Å². The smallest absolute Gasteiger partial charge is 0.142 e. The molecule has 1 aromatic carbocycles. The van der Waals surface area contributed by atoms with Gasteiger partial charge < -0.3 is 5.73 Å². The average molecular weight is 283 g/mol. The molecular formula is C15H20ClFN2. The van der Waals surface area contributed by atoms with Crippen molar-refractivity contribution in [3.63, 3.8) is 0 Å². The molecule has 2 N–H and O–H groups in total. The Hall–Kier alpha value is -0.640. The summed E-state index contributed by atoms with van der Waals surface area (Å²) in [5, 5.41) is 0.179. The standard InChI is InChI=1S/C15H20ClFN2/c16-13-5-4-10(6-14(13)17)15(7-18)19-8-11-2-1-3-12(11)9-19/h4-6,11-12,15H,1-3,7-9,18H2. The normalized spacial score (nSPS) is 28.6. The SMILES string of the molecule is NCC(c1ccc(Cl)c(F)c1)N1CC2CCCC2C1. The maximum absolute atomic E-state index is 13.6. The maximum Gasteiger partial charge on any atom is 0.142 e. The molecule has 0 bridgehead atoms. The summed E-state index contributed by atoms with van der Waals surface area (Å²) in [5.74, 6) is 1.30. The quantitative estimate of drug-likeness (QED) is 0.922. The Morgan fingerprint density at radius 1 is 1.32 bits per heavy atom. The molecule has 0 aromatic heterocycles. The molecule has 1 aromatic rings. The maximum atomic E-state index is 13.6. The highest BCUT2D eigenvalue weighted by Crippen LogP contribution is 2.40. The third-order valence-corrected chi connectivity index (χ3v) is 5.05. The van der Waals surface area contributed by atoms with Gasteiger partial charge in [-0.05, 0) is 42.4 Å². The van der Waals surface area contributed by atoms with Gasteiger partial charge in [0.1, 0.15) is 5.82 Å². The predicted octanol–water partition coefficient (Wildman–Crippen LogP) is 3.21. The van der Waals surface area contributed by atoms with Crippen molar-refractivity contribution >= 4 is 11.6 Å². The molecular weight excluding hydrogens is 263 g/mol. The Kier molecular flexibility index (Phi) is 3.79. The number of benzene rings is 1. The molecule has 1 saturated heterocycles. The van der Waals surface area contributed by atoms with E-state index in [1.54, 1.807) is 6.07 Å². The number of hydrogen-bond acceptors (Lipinski definition) is 2.